The Hall–Kier alpha value is -1.56. The Labute approximate surface area is 183 Å². The van der Waals surface area contributed by atoms with E-state index in [-0.39, 0.29) is 42.6 Å². The van der Waals surface area contributed by atoms with Gasteiger partial charge in [0.15, 0.2) is 5.78 Å². The van der Waals surface area contributed by atoms with Crippen molar-refractivity contribution in [2.75, 3.05) is 0 Å². The Morgan fingerprint density at radius 3 is 2.58 bits per heavy atom. The van der Waals surface area contributed by atoms with Gasteiger partial charge in [-0.05, 0) is 82.9 Å². The van der Waals surface area contributed by atoms with Crippen LogP contribution in [0, 0.1) is 22.7 Å². The summed E-state index contributed by atoms with van der Waals surface area (Å²) in [4.78, 5) is 24.6. The Morgan fingerprint density at radius 1 is 1.26 bits per heavy atom. The number of carbonyl (C=O) groups excluding carboxylic acids is 2. The zero-order valence-electron chi connectivity index (χ0n) is 19.1. The van der Waals surface area contributed by atoms with Gasteiger partial charge in [-0.15, -0.1) is 0 Å². The summed E-state index contributed by atoms with van der Waals surface area (Å²) in [5.74, 6) is -1.30. The summed E-state index contributed by atoms with van der Waals surface area (Å²) in [6, 6.07) is 0. The summed E-state index contributed by atoms with van der Waals surface area (Å²) in [5.41, 5.74) is -3.60. The molecule has 172 valence electrons. The molecule has 31 heavy (non-hydrogen) atoms. The molecule has 0 aromatic carbocycles. The number of hydrogen-bond acceptors (Lipinski definition) is 4. The summed E-state index contributed by atoms with van der Waals surface area (Å²) in [6.45, 7) is 8.57. The van der Waals surface area contributed by atoms with Crippen molar-refractivity contribution in [1.82, 2.24) is 0 Å². The molecule has 3 saturated carbocycles. The number of ketones is 1. The van der Waals surface area contributed by atoms with Crippen molar-refractivity contribution in [1.29, 1.82) is 0 Å². The fourth-order valence-corrected chi connectivity index (χ4v) is 7.05. The molecule has 1 N–H and O–H groups in total. The summed E-state index contributed by atoms with van der Waals surface area (Å²) < 4.78 is 38.1. The molecule has 4 aliphatic carbocycles. The summed E-state index contributed by atoms with van der Waals surface area (Å²) in [6.07, 6.45) is 3.29. The Bertz CT molecular complexity index is 871. The number of rotatable bonds is 3. The van der Waals surface area contributed by atoms with Crippen LogP contribution in [-0.4, -0.2) is 40.4 Å². The summed E-state index contributed by atoms with van der Waals surface area (Å²) in [5, 5.41) is 9.93. The van der Waals surface area contributed by atoms with Crippen LogP contribution in [0.1, 0.15) is 73.1 Å². The molecule has 4 nitrogen and oxygen atoms in total. The lowest BCUT2D eigenvalue weighted by Crippen LogP contribution is -2.62. The van der Waals surface area contributed by atoms with Crippen molar-refractivity contribution in [2.24, 2.45) is 22.7 Å². The highest BCUT2D eigenvalue weighted by Crippen LogP contribution is 2.68. The maximum atomic E-state index is 16.9. The van der Waals surface area contributed by atoms with Crippen molar-refractivity contribution in [3.05, 3.63) is 23.3 Å². The van der Waals surface area contributed by atoms with Gasteiger partial charge < -0.3 is 9.84 Å². The van der Waals surface area contributed by atoms with Crippen LogP contribution in [0.5, 0.6) is 0 Å². The first-order valence-corrected chi connectivity index (χ1v) is 11.4. The number of halogens is 2. The predicted octanol–water partition coefficient (Wildman–Crippen LogP) is 4.80. The second-order valence-electron chi connectivity index (χ2n) is 11.3. The summed E-state index contributed by atoms with van der Waals surface area (Å²) >= 11 is 0. The second kappa shape index (κ2) is 6.97. The highest BCUT2D eigenvalue weighted by Gasteiger charge is 2.69. The van der Waals surface area contributed by atoms with E-state index in [1.807, 2.05) is 6.92 Å². The van der Waals surface area contributed by atoms with Crippen LogP contribution < -0.4 is 0 Å². The molecule has 0 aromatic heterocycles. The molecule has 0 spiro atoms. The van der Waals surface area contributed by atoms with Gasteiger partial charge in [-0.3, -0.25) is 9.59 Å². The average molecular weight is 437 g/mol. The molecule has 4 aliphatic rings. The number of ether oxygens (including phenoxy) is 1. The molecule has 0 heterocycles. The molecule has 3 fully saturated rings. The molecule has 0 bridgehead atoms. The smallest absolute Gasteiger partial charge is 0.308 e. The number of carbonyl (C=O) groups is 2. The number of alkyl halides is 2. The van der Waals surface area contributed by atoms with Crippen molar-refractivity contribution in [2.45, 2.75) is 96.7 Å². The van der Waals surface area contributed by atoms with E-state index in [2.05, 4.69) is 0 Å². The second-order valence-corrected chi connectivity index (χ2v) is 11.3. The Balaban J connectivity index is 1.64. The van der Waals surface area contributed by atoms with Crippen molar-refractivity contribution in [3.63, 3.8) is 0 Å². The van der Waals surface area contributed by atoms with Crippen molar-refractivity contribution < 1.29 is 28.2 Å². The minimum absolute atomic E-state index is 0.0582. The van der Waals surface area contributed by atoms with E-state index in [9.17, 15) is 14.7 Å². The van der Waals surface area contributed by atoms with E-state index >= 15 is 8.78 Å². The van der Waals surface area contributed by atoms with Gasteiger partial charge in [0, 0.05) is 16.7 Å². The van der Waals surface area contributed by atoms with Crippen LogP contribution in [0.3, 0.4) is 0 Å². The molecule has 0 aromatic rings. The molecule has 0 unspecified atom stereocenters. The average Bonchev–Trinajstić information content (AvgIpc) is 2.95. The highest BCUT2D eigenvalue weighted by atomic mass is 19.1. The molecule has 4 rings (SSSR count). The molecular formula is C25H34F2O4. The first-order valence-electron chi connectivity index (χ1n) is 11.4. The quantitative estimate of drug-likeness (QED) is 0.646. The predicted molar refractivity (Wildman–Crippen MR) is 113 cm³/mol. The molecule has 0 saturated heterocycles. The lowest BCUT2D eigenvalue weighted by molar-refractivity contribution is -0.173. The first-order chi connectivity index (χ1) is 14.2. The van der Waals surface area contributed by atoms with E-state index < -0.39 is 40.2 Å². The zero-order chi connectivity index (χ0) is 23.0. The van der Waals surface area contributed by atoms with Crippen LogP contribution in [-0.2, 0) is 14.3 Å². The van der Waals surface area contributed by atoms with Gasteiger partial charge in [-0.2, -0.15) is 0 Å². The van der Waals surface area contributed by atoms with Crippen LogP contribution in [0.15, 0.2) is 23.3 Å². The Morgan fingerprint density at radius 2 is 1.94 bits per heavy atom. The molecule has 0 amide bonds. The maximum absolute atomic E-state index is 16.9. The van der Waals surface area contributed by atoms with Crippen molar-refractivity contribution in [3.8, 4) is 0 Å². The number of aliphatic hydroxyl groups is 1. The van der Waals surface area contributed by atoms with E-state index in [1.54, 1.807) is 33.8 Å². The highest BCUT2D eigenvalue weighted by molar-refractivity contribution is 6.05. The maximum Gasteiger partial charge on any atom is 0.308 e. The molecule has 6 heteroatoms. The van der Waals surface area contributed by atoms with Crippen LogP contribution in [0.25, 0.3) is 0 Å². The monoisotopic (exact) mass is 436 g/mol. The zero-order valence-corrected chi connectivity index (χ0v) is 19.1. The number of esters is 1. The van der Waals surface area contributed by atoms with Crippen LogP contribution in [0.4, 0.5) is 8.78 Å². The fourth-order valence-electron chi connectivity index (χ4n) is 7.05. The lowest BCUT2D eigenvalue weighted by Gasteiger charge is -2.60. The van der Waals surface area contributed by atoms with Gasteiger partial charge in [-0.25, -0.2) is 8.78 Å². The van der Waals surface area contributed by atoms with Gasteiger partial charge in [0.2, 0.25) is 0 Å². The van der Waals surface area contributed by atoms with Crippen LogP contribution >= 0.6 is 0 Å². The topological polar surface area (TPSA) is 63.6 Å². The third kappa shape index (κ3) is 3.32. The van der Waals surface area contributed by atoms with E-state index in [4.69, 9.17) is 4.74 Å². The number of fused-ring (bicyclic) bond motifs is 5. The van der Waals surface area contributed by atoms with Crippen LogP contribution in [0.2, 0.25) is 0 Å². The third-order valence-corrected chi connectivity index (χ3v) is 8.72. The minimum Gasteiger partial charge on any atom is -0.462 e. The minimum atomic E-state index is -1.64. The fraction of sp³-hybridized carbons (Fsp3) is 0.760. The standard InChI is InChI=1S/C25H34F2O4/c1-14-12-24(5)17(11-19(14)28)18(26)10-16-15-6-7-20(31-21(29)13-22(2,3)30)23(15,4)8-9-25(16,24)27/h11-12,15-16,18,20,30H,6-10,13H2,1-5H3/t15-,16-,18-,20+,23-,24-,25+/m0/s1. The SMILES string of the molecule is CC1=C[C@@]2(C)C(=CC1=O)[C@@H](F)C[C@H]1[C@@H]3CC[C@@H](OC(=O)CC(C)(C)O)[C@@]3(C)CC[C@@]12F. The normalized spacial score (nSPS) is 44.6. The van der Waals surface area contributed by atoms with Gasteiger partial charge in [0.25, 0.3) is 0 Å². The van der Waals surface area contributed by atoms with Gasteiger partial charge >= 0.3 is 5.97 Å². The van der Waals surface area contributed by atoms with Gasteiger partial charge in [0.05, 0.1) is 12.0 Å². The van der Waals surface area contributed by atoms with Gasteiger partial charge in [0.1, 0.15) is 17.9 Å². The van der Waals surface area contributed by atoms with Crippen molar-refractivity contribution >= 4 is 11.8 Å². The lowest BCUT2D eigenvalue weighted by atomic mass is 9.46. The largest absolute Gasteiger partial charge is 0.462 e. The summed E-state index contributed by atoms with van der Waals surface area (Å²) in [7, 11) is 0. The van der Waals surface area contributed by atoms with E-state index in [0.717, 1.165) is 0 Å². The molecular weight excluding hydrogens is 402 g/mol. The third-order valence-electron chi connectivity index (χ3n) is 8.72. The molecule has 0 aliphatic heterocycles. The first kappa shape index (κ1) is 22.6. The van der Waals surface area contributed by atoms with E-state index in [1.165, 1.54) is 6.08 Å². The molecule has 0 radical (unpaired) electrons. The Kier molecular flexibility index (Phi) is 5.09. The molecule has 7 atom stereocenters. The van der Waals surface area contributed by atoms with Gasteiger partial charge in [-0.1, -0.05) is 13.0 Å². The number of allylic oxidation sites excluding steroid dienone is 4. The van der Waals surface area contributed by atoms with E-state index in [0.29, 0.717) is 24.8 Å². The number of hydrogen-bond donors (Lipinski definition) is 1.